The molecule has 0 unspecified atom stereocenters. The average Bonchev–Trinajstić information content (AvgIpc) is 2.29. The predicted molar refractivity (Wildman–Crippen MR) is 56.0 cm³/mol. The lowest BCUT2D eigenvalue weighted by atomic mass is 10.1. The fourth-order valence-electron chi connectivity index (χ4n) is 1.33. The van der Waals surface area contributed by atoms with E-state index >= 15 is 0 Å². The van der Waals surface area contributed by atoms with Crippen molar-refractivity contribution in [1.29, 1.82) is 0 Å². The largest absolute Gasteiger partial charge is 0.416 e. The van der Waals surface area contributed by atoms with E-state index in [4.69, 9.17) is 0 Å². The molecule has 0 bridgehead atoms. The summed E-state index contributed by atoms with van der Waals surface area (Å²) in [6.45, 7) is 1.74. The Morgan fingerprint density at radius 1 is 1.06 bits per heavy atom. The quantitative estimate of drug-likeness (QED) is 0.760. The molecule has 5 heteroatoms. The van der Waals surface area contributed by atoms with Gasteiger partial charge in [-0.2, -0.15) is 23.4 Å². The molecule has 1 heterocycles. The van der Waals surface area contributed by atoms with Crippen molar-refractivity contribution in [3.63, 3.8) is 0 Å². The van der Waals surface area contributed by atoms with E-state index in [0.29, 0.717) is 17.0 Å². The molecule has 1 radical (unpaired) electrons. The molecule has 0 aliphatic carbocycles. The third kappa shape index (κ3) is 2.61. The molecule has 87 valence electrons. The number of halogens is 3. The zero-order valence-electron chi connectivity index (χ0n) is 8.92. The van der Waals surface area contributed by atoms with Gasteiger partial charge in [-0.25, -0.2) is 0 Å². The highest BCUT2D eigenvalue weighted by Crippen LogP contribution is 2.30. The van der Waals surface area contributed by atoms with Crippen LogP contribution >= 0.6 is 0 Å². The van der Waals surface area contributed by atoms with Crippen molar-refractivity contribution in [2.45, 2.75) is 13.1 Å². The molecular weight excluding hydrogens is 229 g/mol. The van der Waals surface area contributed by atoms with Crippen LogP contribution in [0.5, 0.6) is 0 Å². The van der Waals surface area contributed by atoms with Crippen molar-refractivity contribution in [2.75, 3.05) is 0 Å². The summed E-state index contributed by atoms with van der Waals surface area (Å²) in [4.78, 5) is 0. The third-order valence-corrected chi connectivity index (χ3v) is 2.23. The van der Waals surface area contributed by atoms with E-state index in [-0.39, 0.29) is 0 Å². The van der Waals surface area contributed by atoms with E-state index in [0.717, 1.165) is 12.1 Å². The number of aromatic nitrogens is 2. The maximum atomic E-state index is 12.3. The Bertz CT molecular complexity index is 501. The smallest absolute Gasteiger partial charge is 0.166 e. The van der Waals surface area contributed by atoms with Crippen molar-refractivity contribution < 1.29 is 13.2 Å². The minimum atomic E-state index is -4.32. The van der Waals surface area contributed by atoms with Gasteiger partial charge in [-0.05, 0) is 25.1 Å². The minimum Gasteiger partial charge on any atom is -0.166 e. The van der Waals surface area contributed by atoms with Gasteiger partial charge < -0.3 is 0 Å². The van der Waals surface area contributed by atoms with Crippen molar-refractivity contribution in [3.8, 4) is 11.3 Å². The number of nitrogens with zero attached hydrogens (tertiary/aromatic N) is 2. The summed E-state index contributed by atoms with van der Waals surface area (Å²) < 4.78 is 37.0. The fraction of sp³-hybridized carbons (Fsp3) is 0.167. The normalized spacial score (nSPS) is 11.5. The maximum Gasteiger partial charge on any atom is 0.416 e. The first-order valence-electron chi connectivity index (χ1n) is 4.86. The standard InChI is InChI=1S/C12H8F3N2/c1-8-2-7-11(17-16-8)9-3-5-10(6-4-9)12(13,14)15/h3-7H,1H3. The highest BCUT2D eigenvalue weighted by Gasteiger charge is 2.29. The molecule has 0 spiro atoms. The van der Waals surface area contributed by atoms with E-state index in [2.05, 4.69) is 16.3 Å². The van der Waals surface area contributed by atoms with Gasteiger partial charge in [0.05, 0.1) is 17.0 Å². The van der Waals surface area contributed by atoms with Crippen LogP contribution in [0.1, 0.15) is 11.3 Å². The molecule has 17 heavy (non-hydrogen) atoms. The van der Waals surface area contributed by atoms with Gasteiger partial charge in [0.2, 0.25) is 0 Å². The van der Waals surface area contributed by atoms with Crippen LogP contribution in [-0.2, 0) is 6.18 Å². The van der Waals surface area contributed by atoms with Gasteiger partial charge in [0.15, 0.2) is 0 Å². The molecule has 2 rings (SSSR count). The first-order valence-corrected chi connectivity index (χ1v) is 4.86. The van der Waals surface area contributed by atoms with Gasteiger partial charge in [-0.15, -0.1) is 0 Å². The molecule has 0 fully saturated rings. The zero-order chi connectivity index (χ0) is 12.5. The van der Waals surface area contributed by atoms with Crippen LogP contribution in [0, 0.1) is 13.0 Å². The number of rotatable bonds is 1. The van der Waals surface area contributed by atoms with E-state index in [1.807, 2.05) is 0 Å². The predicted octanol–water partition coefficient (Wildman–Crippen LogP) is 3.27. The zero-order valence-corrected chi connectivity index (χ0v) is 8.92. The second kappa shape index (κ2) is 4.16. The molecule has 2 nitrogen and oxygen atoms in total. The highest BCUT2D eigenvalue weighted by molar-refractivity contribution is 5.58. The van der Waals surface area contributed by atoms with E-state index in [1.54, 1.807) is 13.0 Å². The monoisotopic (exact) mass is 237 g/mol. The Hall–Kier alpha value is -1.91. The Labute approximate surface area is 96.1 Å². The minimum absolute atomic E-state index is 0.504. The molecule has 1 aromatic heterocycles. The maximum absolute atomic E-state index is 12.3. The number of alkyl halides is 3. The lowest BCUT2D eigenvalue weighted by Crippen LogP contribution is -2.04. The van der Waals surface area contributed by atoms with Gasteiger partial charge in [0.1, 0.15) is 0 Å². The lowest BCUT2D eigenvalue weighted by molar-refractivity contribution is -0.137. The first kappa shape index (κ1) is 11.6. The van der Waals surface area contributed by atoms with Crippen molar-refractivity contribution in [2.24, 2.45) is 0 Å². The number of benzene rings is 1. The van der Waals surface area contributed by atoms with Crippen LogP contribution < -0.4 is 0 Å². The van der Waals surface area contributed by atoms with Crippen LogP contribution in [0.15, 0.2) is 30.3 Å². The van der Waals surface area contributed by atoms with Gasteiger partial charge in [0, 0.05) is 11.6 Å². The molecule has 0 amide bonds. The van der Waals surface area contributed by atoms with Crippen LogP contribution in [0.3, 0.4) is 0 Å². The van der Waals surface area contributed by atoms with Gasteiger partial charge in [-0.3, -0.25) is 0 Å². The molecular formula is C12H8F3N2. The summed E-state index contributed by atoms with van der Waals surface area (Å²) in [5.41, 5.74) is 1.05. The second-order valence-corrected chi connectivity index (χ2v) is 3.53. The summed E-state index contributed by atoms with van der Waals surface area (Å²) in [7, 11) is 0. The molecule has 0 atom stereocenters. The Morgan fingerprint density at radius 3 is 2.18 bits per heavy atom. The number of hydrogen-bond donors (Lipinski definition) is 0. The topological polar surface area (TPSA) is 25.8 Å². The number of aryl methyl sites for hydroxylation is 1. The van der Waals surface area contributed by atoms with Crippen molar-refractivity contribution in [3.05, 3.63) is 47.7 Å². The Balaban J connectivity index is 2.33. The summed E-state index contributed by atoms with van der Waals surface area (Å²) in [6, 6.07) is 9.24. The van der Waals surface area contributed by atoms with E-state index < -0.39 is 11.7 Å². The average molecular weight is 237 g/mol. The summed E-state index contributed by atoms with van der Waals surface area (Å²) in [5, 5.41) is 7.68. The van der Waals surface area contributed by atoms with Crippen molar-refractivity contribution in [1.82, 2.24) is 10.2 Å². The fourth-order valence-corrected chi connectivity index (χ4v) is 1.33. The molecule has 0 aliphatic rings. The van der Waals surface area contributed by atoms with E-state index in [9.17, 15) is 13.2 Å². The van der Waals surface area contributed by atoms with Crippen LogP contribution in [-0.4, -0.2) is 10.2 Å². The second-order valence-electron chi connectivity index (χ2n) is 3.53. The van der Waals surface area contributed by atoms with Gasteiger partial charge >= 0.3 is 6.18 Å². The summed E-state index contributed by atoms with van der Waals surface area (Å²) in [5.74, 6) is 0. The first-order chi connectivity index (χ1) is 7.97. The van der Waals surface area contributed by atoms with Crippen LogP contribution in [0.2, 0.25) is 0 Å². The van der Waals surface area contributed by atoms with Crippen LogP contribution in [0.4, 0.5) is 13.2 Å². The van der Waals surface area contributed by atoms with Crippen molar-refractivity contribution >= 4 is 0 Å². The highest BCUT2D eigenvalue weighted by atomic mass is 19.4. The third-order valence-electron chi connectivity index (χ3n) is 2.23. The SMILES string of the molecule is Cc1[c]cc(-c2ccc(C(F)(F)F)cc2)nn1. The van der Waals surface area contributed by atoms with Gasteiger partial charge in [-0.1, -0.05) is 12.1 Å². The van der Waals surface area contributed by atoms with E-state index in [1.165, 1.54) is 12.1 Å². The molecule has 0 aliphatic heterocycles. The summed E-state index contributed by atoms with van der Waals surface area (Å²) in [6.07, 6.45) is -4.32. The molecule has 1 aromatic carbocycles. The molecule has 2 aromatic rings. The Kier molecular flexibility index (Phi) is 2.83. The molecule has 0 saturated heterocycles. The van der Waals surface area contributed by atoms with Gasteiger partial charge in [0.25, 0.3) is 0 Å². The lowest BCUT2D eigenvalue weighted by Gasteiger charge is -2.07. The summed E-state index contributed by atoms with van der Waals surface area (Å²) >= 11 is 0. The number of hydrogen-bond acceptors (Lipinski definition) is 2. The molecule has 0 saturated carbocycles. The Morgan fingerprint density at radius 2 is 1.71 bits per heavy atom. The molecule has 0 N–H and O–H groups in total. The van der Waals surface area contributed by atoms with Crippen LogP contribution in [0.25, 0.3) is 11.3 Å².